The van der Waals surface area contributed by atoms with Gasteiger partial charge in [0, 0.05) is 13.1 Å². The van der Waals surface area contributed by atoms with Crippen LogP contribution in [-0.4, -0.2) is 46.8 Å². The molecule has 0 bridgehead atoms. The van der Waals surface area contributed by atoms with Gasteiger partial charge in [-0.05, 0) is 53.7 Å². The number of rotatable bonds is 2. The van der Waals surface area contributed by atoms with E-state index in [4.69, 9.17) is 16.3 Å². The number of aromatic nitrogens is 1. The quantitative estimate of drug-likeness (QED) is 0.851. The number of amides is 1. The normalized spacial score (nSPS) is 18.3. The molecule has 7 heteroatoms. The van der Waals surface area contributed by atoms with Crippen molar-refractivity contribution in [2.24, 2.45) is 0 Å². The van der Waals surface area contributed by atoms with Crippen LogP contribution in [0.5, 0.6) is 0 Å². The number of likely N-dealkylation sites (tertiary alicyclic amines) is 1. The number of hydrogen-bond donors (Lipinski definition) is 2. The SMILES string of the molecule is Cc1nc(C2(O)CCN(C)CC2)cc(NC(=O)OC(C)(C)C)c1Cl. The van der Waals surface area contributed by atoms with Crippen molar-refractivity contribution in [3.05, 3.63) is 22.5 Å². The third kappa shape index (κ3) is 4.59. The maximum absolute atomic E-state index is 12.0. The van der Waals surface area contributed by atoms with Crippen LogP contribution in [0.4, 0.5) is 10.5 Å². The van der Waals surface area contributed by atoms with E-state index in [2.05, 4.69) is 15.2 Å². The van der Waals surface area contributed by atoms with Crippen molar-refractivity contribution in [3.8, 4) is 0 Å². The number of piperidine rings is 1. The van der Waals surface area contributed by atoms with Gasteiger partial charge in [-0.15, -0.1) is 0 Å². The summed E-state index contributed by atoms with van der Waals surface area (Å²) in [4.78, 5) is 18.6. The van der Waals surface area contributed by atoms with Gasteiger partial charge in [-0.25, -0.2) is 4.79 Å². The van der Waals surface area contributed by atoms with Crippen LogP contribution >= 0.6 is 11.6 Å². The predicted octanol–water partition coefficient (Wildman–Crippen LogP) is 3.30. The van der Waals surface area contributed by atoms with Crippen LogP contribution in [0, 0.1) is 6.92 Å². The van der Waals surface area contributed by atoms with Gasteiger partial charge in [0.15, 0.2) is 0 Å². The molecule has 0 spiro atoms. The van der Waals surface area contributed by atoms with Crippen molar-refractivity contribution < 1.29 is 14.6 Å². The molecule has 1 aliphatic heterocycles. The number of ether oxygens (including phenoxy) is 1. The van der Waals surface area contributed by atoms with E-state index in [0.29, 0.717) is 34.9 Å². The summed E-state index contributed by atoms with van der Waals surface area (Å²) in [6.45, 7) is 8.70. The van der Waals surface area contributed by atoms with Crippen molar-refractivity contribution in [3.63, 3.8) is 0 Å². The van der Waals surface area contributed by atoms with Gasteiger partial charge in [0.05, 0.1) is 22.1 Å². The maximum Gasteiger partial charge on any atom is 0.412 e. The molecule has 2 rings (SSSR count). The number of nitrogens with one attached hydrogen (secondary N) is 1. The first-order valence-corrected chi connectivity index (χ1v) is 8.46. The summed E-state index contributed by atoms with van der Waals surface area (Å²) >= 11 is 6.27. The van der Waals surface area contributed by atoms with Gasteiger partial charge in [-0.2, -0.15) is 0 Å². The minimum absolute atomic E-state index is 0.348. The number of hydrogen-bond acceptors (Lipinski definition) is 5. The first-order chi connectivity index (χ1) is 11.0. The van der Waals surface area contributed by atoms with Gasteiger partial charge in [-0.1, -0.05) is 11.6 Å². The number of nitrogens with zero attached hydrogens (tertiary/aromatic N) is 2. The lowest BCUT2D eigenvalue weighted by Crippen LogP contribution is -2.41. The maximum atomic E-state index is 12.0. The molecule has 1 fully saturated rings. The van der Waals surface area contributed by atoms with E-state index >= 15 is 0 Å². The third-order valence-electron chi connectivity index (χ3n) is 4.05. The van der Waals surface area contributed by atoms with Crippen LogP contribution in [0.25, 0.3) is 0 Å². The molecular weight excluding hydrogens is 330 g/mol. The lowest BCUT2D eigenvalue weighted by atomic mass is 9.87. The van der Waals surface area contributed by atoms with E-state index in [1.165, 1.54) is 0 Å². The topological polar surface area (TPSA) is 74.7 Å². The number of pyridine rings is 1. The van der Waals surface area contributed by atoms with Gasteiger partial charge in [0.1, 0.15) is 11.2 Å². The number of carbonyl (C=O) groups excluding carboxylic acids is 1. The standard InChI is InChI=1S/C17H26ClN3O3/c1-11-14(18)12(20-15(22)24-16(2,3)4)10-13(19-11)17(23)6-8-21(5)9-7-17/h10,23H,6-9H2,1-5H3,(H,19,20,22). The van der Waals surface area contributed by atoms with Crippen LogP contribution < -0.4 is 5.32 Å². The monoisotopic (exact) mass is 355 g/mol. The fourth-order valence-corrected chi connectivity index (χ4v) is 2.79. The van der Waals surface area contributed by atoms with Gasteiger partial charge in [0.2, 0.25) is 0 Å². The first-order valence-electron chi connectivity index (χ1n) is 8.09. The number of halogens is 1. The van der Waals surface area contributed by atoms with Gasteiger partial charge < -0.3 is 14.7 Å². The summed E-state index contributed by atoms with van der Waals surface area (Å²) < 4.78 is 5.26. The second-order valence-corrected chi connectivity index (χ2v) is 7.79. The summed E-state index contributed by atoms with van der Waals surface area (Å²) in [6, 6.07) is 1.64. The summed E-state index contributed by atoms with van der Waals surface area (Å²) in [7, 11) is 2.02. The largest absolute Gasteiger partial charge is 0.444 e. The zero-order valence-corrected chi connectivity index (χ0v) is 15.7. The molecule has 2 N–H and O–H groups in total. The lowest BCUT2D eigenvalue weighted by Gasteiger charge is -2.36. The molecule has 0 saturated carbocycles. The number of carbonyl (C=O) groups is 1. The van der Waals surface area contributed by atoms with E-state index in [-0.39, 0.29) is 0 Å². The third-order valence-corrected chi connectivity index (χ3v) is 4.53. The molecule has 0 aromatic carbocycles. The molecule has 24 heavy (non-hydrogen) atoms. The Labute approximate surface area is 148 Å². The Bertz CT molecular complexity index is 620. The highest BCUT2D eigenvalue weighted by atomic mass is 35.5. The molecule has 1 saturated heterocycles. The Balaban J connectivity index is 2.27. The van der Waals surface area contributed by atoms with E-state index in [9.17, 15) is 9.90 Å². The van der Waals surface area contributed by atoms with E-state index in [1.54, 1.807) is 33.8 Å². The minimum atomic E-state index is -1.01. The molecule has 1 aromatic rings. The zero-order valence-electron chi connectivity index (χ0n) is 14.9. The smallest absolute Gasteiger partial charge is 0.412 e. The van der Waals surface area contributed by atoms with Crippen molar-refractivity contribution >= 4 is 23.4 Å². The summed E-state index contributed by atoms with van der Waals surface area (Å²) in [5.41, 5.74) is -0.114. The summed E-state index contributed by atoms with van der Waals surface area (Å²) in [5.74, 6) is 0. The molecule has 1 aromatic heterocycles. The predicted molar refractivity (Wildman–Crippen MR) is 94.5 cm³/mol. The van der Waals surface area contributed by atoms with Crippen molar-refractivity contribution in [1.82, 2.24) is 9.88 Å². The molecule has 134 valence electrons. The molecule has 2 heterocycles. The number of aliphatic hydroxyl groups is 1. The van der Waals surface area contributed by atoms with Crippen molar-refractivity contribution in [1.29, 1.82) is 0 Å². The molecule has 0 radical (unpaired) electrons. The van der Waals surface area contributed by atoms with Crippen LogP contribution in [0.15, 0.2) is 6.07 Å². The van der Waals surface area contributed by atoms with Crippen LogP contribution in [0.2, 0.25) is 5.02 Å². The molecule has 6 nitrogen and oxygen atoms in total. The molecule has 0 unspecified atom stereocenters. The van der Waals surface area contributed by atoms with Crippen LogP contribution in [0.1, 0.15) is 45.0 Å². The van der Waals surface area contributed by atoms with Crippen molar-refractivity contribution in [2.45, 2.75) is 51.7 Å². The van der Waals surface area contributed by atoms with Gasteiger partial charge in [0.25, 0.3) is 0 Å². The van der Waals surface area contributed by atoms with E-state index in [1.807, 2.05) is 7.05 Å². The second kappa shape index (κ2) is 6.86. The Kier molecular flexibility index (Phi) is 5.42. The van der Waals surface area contributed by atoms with Crippen LogP contribution in [-0.2, 0) is 10.3 Å². The molecule has 0 aliphatic carbocycles. The average molecular weight is 356 g/mol. The fraction of sp³-hybridized carbons (Fsp3) is 0.647. The number of aryl methyl sites for hydroxylation is 1. The highest BCUT2D eigenvalue weighted by Crippen LogP contribution is 2.35. The van der Waals surface area contributed by atoms with Gasteiger partial charge >= 0.3 is 6.09 Å². The van der Waals surface area contributed by atoms with Gasteiger partial charge in [-0.3, -0.25) is 10.3 Å². The molecule has 1 amide bonds. The zero-order chi connectivity index (χ0) is 18.1. The average Bonchev–Trinajstić information content (AvgIpc) is 2.45. The Morgan fingerprint density at radius 2 is 2.00 bits per heavy atom. The molecule has 1 aliphatic rings. The molecular formula is C17H26ClN3O3. The molecule has 0 atom stereocenters. The lowest BCUT2D eigenvalue weighted by molar-refractivity contribution is -0.0239. The van der Waals surface area contributed by atoms with E-state index < -0.39 is 17.3 Å². The Morgan fingerprint density at radius 3 is 2.54 bits per heavy atom. The summed E-state index contributed by atoms with van der Waals surface area (Å²) in [6.07, 6.45) is 0.587. The Hall–Kier alpha value is -1.37. The number of anilines is 1. The second-order valence-electron chi connectivity index (χ2n) is 7.42. The summed E-state index contributed by atoms with van der Waals surface area (Å²) in [5, 5.41) is 14.0. The highest BCUT2D eigenvalue weighted by Gasteiger charge is 2.35. The van der Waals surface area contributed by atoms with Crippen LogP contribution in [0.3, 0.4) is 0 Å². The Morgan fingerprint density at radius 1 is 1.42 bits per heavy atom. The first kappa shape index (κ1) is 19.0. The minimum Gasteiger partial charge on any atom is -0.444 e. The fourth-order valence-electron chi connectivity index (χ4n) is 2.64. The van der Waals surface area contributed by atoms with E-state index in [0.717, 1.165) is 13.1 Å². The van der Waals surface area contributed by atoms with Crippen molar-refractivity contribution in [2.75, 3.05) is 25.5 Å². The highest BCUT2D eigenvalue weighted by molar-refractivity contribution is 6.34.